The molecule has 0 amide bonds. The number of nitrogens with one attached hydrogen (secondary N) is 1. The Kier molecular flexibility index (Phi) is 7.75. The van der Waals surface area contributed by atoms with Crippen molar-refractivity contribution < 1.29 is 8.42 Å². The summed E-state index contributed by atoms with van der Waals surface area (Å²) in [4.78, 5) is 0. The largest absolute Gasteiger partial charge is 0.398 e. The van der Waals surface area contributed by atoms with Gasteiger partial charge in [0.05, 0.1) is 5.75 Å². The molecule has 0 saturated heterocycles. The van der Waals surface area contributed by atoms with E-state index in [1.165, 1.54) is 19.3 Å². The molecule has 0 aliphatic rings. The monoisotopic (exact) mass is 312 g/mol. The van der Waals surface area contributed by atoms with E-state index in [1.807, 2.05) is 0 Å². The lowest BCUT2D eigenvalue weighted by Gasteiger charge is -2.09. The van der Waals surface area contributed by atoms with Gasteiger partial charge in [-0.25, -0.2) is 13.1 Å². The molecule has 1 aromatic rings. The fourth-order valence-electron chi connectivity index (χ4n) is 2.18. The van der Waals surface area contributed by atoms with Gasteiger partial charge in [0, 0.05) is 12.2 Å². The van der Waals surface area contributed by atoms with E-state index in [0.717, 1.165) is 18.8 Å². The third-order valence-electron chi connectivity index (χ3n) is 3.43. The number of nitrogens with two attached hydrogens (primary N) is 1. The van der Waals surface area contributed by atoms with Gasteiger partial charge in [0.25, 0.3) is 0 Å². The molecule has 0 heterocycles. The van der Waals surface area contributed by atoms with Gasteiger partial charge < -0.3 is 5.73 Å². The molecule has 0 bridgehead atoms. The lowest BCUT2D eigenvalue weighted by atomic mass is 10.0. The van der Waals surface area contributed by atoms with Crippen molar-refractivity contribution >= 4 is 15.7 Å². The van der Waals surface area contributed by atoms with Crippen molar-refractivity contribution in [2.24, 2.45) is 5.92 Å². The van der Waals surface area contributed by atoms with E-state index < -0.39 is 10.0 Å². The standard InChI is InChI=1S/C16H28N2O2S/c1-14(2)9-5-3-4-8-12-18-21(19,20)13-15-10-6-7-11-16(15)17/h6-7,10-11,14,18H,3-5,8-9,12-13,17H2,1-2H3. The molecule has 0 fully saturated rings. The molecule has 0 aliphatic heterocycles. The highest BCUT2D eigenvalue weighted by molar-refractivity contribution is 7.88. The Morgan fingerprint density at radius 2 is 1.76 bits per heavy atom. The number of anilines is 1. The van der Waals surface area contributed by atoms with E-state index in [2.05, 4.69) is 18.6 Å². The fraction of sp³-hybridized carbons (Fsp3) is 0.625. The first kappa shape index (κ1) is 18.0. The van der Waals surface area contributed by atoms with Crippen molar-refractivity contribution in [1.29, 1.82) is 0 Å². The summed E-state index contributed by atoms with van der Waals surface area (Å²) in [6.45, 7) is 4.96. The number of para-hydroxylation sites is 1. The Labute approximate surface area is 129 Å². The predicted molar refractivity (Wildman–Crippen MR) is 89.4 cm³/mol. The van der Waals surface area contributed by atoms with E-state index >= 15 is 0 Å². The first-order chi connectivity index (χ1) is 9.91. The summed E-state index contributed by atoms with van der Waals surface area (Å²) < 4.78 is 26.6. The maximum Gasteiger partial charge on any atom is 0.215 e. The number of unbranched alkanes of at least 4 members (excludes halogenated alkanes) is 3. The molecule has 0 aliphatic carbocycles. The van der Waals surface area contributed by atoms with E-state index in [4.69, 9.17) is 5.73 Å². The highest BCUT2D eigenvalue weighted by Gasteiger charge is 2.12. The smallest absolute Gasteiger partial charge is 0.215 e. The number of benzene rings is 1. The molecule has 120 valence electrons. The van der Waals surface area contributed by atoms with Crippen LogP contribution in [0.15, 0.2) is 24.3 Å². The number of nitrogen functional groups attached to an aromatic ring is 1. The van der Waals surface area contributed by atoms with Crippen molar-refractivity contribution in [3.63, 3.8) is 0 Å². The number of hydrogen-bond donors (Lipinski definition) is 2. The van der Waals surface area contributed by atoms with E-state index in [1.54, 1.807) is 24.3 Å². The second-order valence-electron chi connectivity index (χ2n) is 5.95. The predicted octanol–water partition coefficient (Wildman–Crippen LogP) is 3.29. The van der Waals surface area contributed by atoms with Gasteiger partial charge >= 0.3 is 0 Å². The molecule has 3 N–H and O–H groups in total. The molecule has 0 unspecified atom stereocenters. The summed E-state index contributed by atoms with van der Waals surface area (Å²) >= 11 is 0. The molecular formula is C16H28N2O2S. The first-order valence-electron chi connectivity index (χ1n) is 7.71. The minimum absolute atomic E-state index is 0.0486. The number of hydrogen-bond acceptors (Lipinski definition) is 3. The fourth-order valence-corrected chi connectivity index (χ4v) is 3.41. The van der Waals surface area contributed by atoms with Crippen molar-refractivity contribution in [1.82, 2.24) is 4.72 Å². The second-order valence-corrected chi connectivity index (χ2v) is 7.76. The van der Waals surface area contributed by atoms with Crippen LogP contribution in [0.4, 0.5) is 5.69 Å². The van der Waals surface area contributed by atoms with Crippen molar-refractivity contribution in [2.45, 2.75) is 51.7 Å². The van der Waals surface area contributed by atoms with Crippen LogP contribution in [0.1, 0.15) is 51.5 Å². The molecule has 4 nitrogen and oxygen atoms in total. The minimum Gasteiger partial charge on any atom is -0.398 e. The topological polar surface area (TPSA) is 72.2 Å². The first-order valence-corrected chi connectivity index (χ1v) is 9.36. The maximum absolute atomic E-state index is 12.0. The summed E-state index contributed by atoms with van der Waals surface area (Å²) in [7, 11) is -3.29. The molecule has 5 heteroatoms. The summed E-state index contributed by atoms with van der Waals surface area (Å²) in [6.07, 6.45) is 5.61. The van der Waals surface area contributed by atoms with Crippen LogP contribution >= 0.6 is 0 Å². The molecule has 21 heavy (non-hydrogen) atoms. The molecule has 0 atom stereocenters. The zero-order valence-corrected chi connectivity index (χ0v) is 14.0. The lowest BCUT2D eigenvalue weighted by Crippen LogP contribution is -2.26. The Hall–Kier alpha value is -1.07. The van der Waals surface area contributed by atoms with Gasteiger partial charge in [0.2, 0.25) is 10.0 Å². The molecule has 1 aromatic carbocycles. The summed E-state index contributed by atoms with van der Waals surface area (Å²) in [5.41, 5.74) is 6.95. The second kappa shape index (κ2) is 9.05. The quantitative estimate of drug-likeness (QED) is 0.514. The molecule has 1 rings (SSSR count). The van der Waals surface area contributed by atoms with Crippen LogP contribution in [0.2, 0.25) is 0 Å². The van der Waals surface area contributed by atoms with Gasteiger partial charge in [-0.05, 0) is 24.0 Å². The summed E-state index contributed by atoms with van der Waals surface area (Å²) in [5, 5.41) is 0. The summed E-state index contributed by atoms with van der Waals surface area (Å²) in [5.74, 6) is 0.701. The average Bonchev–Trinajstić information content (AvgIpc) is 2.40. The van der Waals surface area contributed by atoms with Crippen LogP contribution in [0, 0.1) is 5.92 Å². The molecule has 0 saturated carbocycles. The highest BCUT2D eigenvalue weighted by Crippen LogP contribution is 2.13. The van der Waals surface area contributed by atoms with Crippen LogP contribution in [-0.2, 0) is 15.8 Å². The number of rotatable bonds is 10. The zero-order chi connectivity index (χ0) is 15.7. The Bertz CT molecular complexity index is 513. The van der Waals surface area contributed by atoms with E-state index in [9.17, 15) is 8.42 Å². The van der Waals surface area contributed by atoms with Crippen molar-refractivity contribution in [3.05, 3.63) is 29.8 Å². The van der Waals surface area contributed by atoms with Gasteiger partial charge in [-0.3, -0.25) is 0 Å². The minimum atomic E-state index is -3.29. The Morgan fingerprint density at radius 1 is 1.10 bits per heavy atom. The maximum atomic E-state index is 12.0. The van der Waals surface area contributed by atoms with Crippen LogP contribution in [0.25, 0.3) is 0 Å². The van der Waals surface area contributed by atoms with Gasteiger partial charge in [0.15, 0.2) is 0 Å². The van der Waals surface area contributed by atoms with Gasteiger partial charge in [-0.15, -0.1) is 0 Å². The third-order valence-corrected chi connectivity index (χ3v) is 4.77. The van der Waals surface area contributed by atoms with Crippen LogP contribution in [0.3, 0.4) is 0 Å². The molecule has 0 radical (unpaired) electrons. The lowest BCUT2D eigenvalue weighted by molar-refractivity contribution is 0.517. The number of sulfonamides is 1. The van der Waals surface area contributed by atoms with E-state index in [0.29, 0.717) is 17.8 Å². The Balaban J connectivity index is 2.23. The van der Waals surface area contributed by atoms with E-state index in [-0.39, 0.29) is 5.75 Å². The molecule has 0 spiro atoms. The third kappa shape index (κ3) is 8.07. The zero-order valence-electron chi connectivity index (χ0n) is 13.1. The normalized spacial score (nSPS) is 12.0. The SMILES string of the molecule is CC(C)CCCCCCNS(=O)(=O)Cc1ccccc1N. The average molecular weight is 312 g/mol. The van der Waals surface area contributed by atoms with Crippen LogP contribution in [0.5, 0.6) is 0 Å². The van der Waals surface area contributed by atoms with Gasteiger partial charge in [-0.2, -0.15) is 0 Å². The van der Waals surface area contributed by atoms with Crippen LogP contribution < -0.4 is 10.5 Å². The summed E-state index contributed by atoms with van der Waals surface area (Å²) in [6, 6.07) is 7.08. The Morgan fingerprint density at radius 3 is 2.43 bits per heavy atom. The van der Waals surface area contributed by atoms with Crippen molar-refractivity contribution in [2.75, 3.05) is 12.3 Å². The van der Waals surface area contributed by atoms with Crippen LogP contribution in [-0.4, -0.2) is 15.0 Å². The molecular weight excluding hydrogens is 284 g/mol. The van der Waals surface area contributed by atoms with Gasteiger partial charge in [0.1, 0.15) is 0 Å². The highest BCUT2D eigenvalue weighted by atomic mass is 32.2. The molecule has 0 aromatic heterocycles. The van der Waals surface area contributed by atoms with Crippen molar-refractivity contribution in [3.8, 4) is 0 Å². The van der Waals surface area contributed by atoms with Gasteiger partial charge in [-0.1, -0.05) is 57.7 Å².